The zero-order valence-corrected chi connectivity index (χ0v) is 12.7. The second-order valence-corrected chi connectivity index (χ2v) is 6.01. The van der Waals surface area contributed by atoms with E-state index in [-0.39, 0.29) is 11.6 Å². The molecule has 21 heavy (non-hydrogen) atoms. The van der Waals surface area contributed by atoms with Crippen LogP contribution in [0.1, 0.15) is 44.2 Å². The summed E-state index contributed by atoms with van der Waals surface area (Å²) in [6.07, 6.45) is -1.80. The molecular formula is C16H22F3NO. The third kappa shape index (κ3) is 3.90. The molecule has 118 valence electrons. The van der Waals surface area contributed by atoms with E-state index in [1.807, 2.05) is 6.92 Å². The zero-order valence-electron chi connectivity index (χ0n) is 12.7. The third-order valence-electron chi connectivity index (χ3n) is 4.27. The van der Waals surface area contributed by atoms with Crippen molar-refractivity contribution in [1.29, 1.82) is 0 Å². The molecule has 0 saturated carbocycles. The number of alkyl halides is 3. The number of hydrogen-bond acceptors (Lipinski definition) is 2. The lowest BCUT2D eigenvalue weighted by atomic mass is 9.89. The number of rotatable bonds is 3. The molecule has 0 radical (unpaired) electrons. The first-order chi connectivity index (χ1) is 9.73. The summed E-state index contributed by atoms with van der Waals surface area (Å²) in [6, 6.07) is 3.99. The maximum absolute atomic E-state index is 12.8. The van der Waals surface area contributed by atoms with Gasteiger partial charge in [0.25, 0.3) is 0 Å². The lowest BCUT2D eigenvalue weighted by Gasteiger charge is -2.38. The predicted octanol–water partition coefficient (Wildman–Crippen LogP) is 4.77. The van der Waals surface area contributed by atoms with Crippen molar-refractivity contribution in [1.82, 2.24) is 0 Å². The fourth-order valence-electron chi connectivity index (χ4n) is 2.67. The molecule has 1 fully saturated rings. The van der Waals surface area contributed by atoms with Crippen molar-refractivity contribution in [3.05, 3.63) is 29.3 Å². The number of nitrogens with one attached hydrogen (secondary N) is 1. The Bertz CT molecular complexity index is 501. The Hall–Kier alpha value is -1.23. The molecule has 0 bridgehead atoms. The van der Waals surface area contributed by atoms with Gasteiger partial charge in [-0.3, -0.25) is 0 Å². The zero-order chi connectivity index (χ0) is 15.7. The van der Waals surface area contributed by atoms with Crippen LogP contribution in [0.4, 0.5) is 18.9 Å². The topological polar surface area (TPSA) is 21.3 Å². The molecule has 1 N–H and O–H groups in total. The van der Waals surface area contributed by atoms with Crippen LogP contribution in [0.25, 0.3) is 0 Å². The van der Waals surface area contributed by atoms with Gasteiger partial charge in [0.2, 0.25) is 0 Å². The van der Waals surface area contributed by atoms with Crippen molar-refractivity contribution in [3.63, 3.8) is 0 Å². The number of anilines is 1. The Morgan fingerprint density at radius 3 is 2.71 bits per heavy atom. The van der Waals surface area contributed by atoms with Gasteiger partial charge in [-0.1, -0.05) is 13.0 Å². The molecular weight excluding hydrogens is 279 g/mol. The molecule has 1 aliphatic heterocycles. The molecule has 1 aromatic rings. The standard InChI is InChI=1S/C16H22F3NO/c1-4-15(3)10-13(7-8-21-15)20-14-9-12(16(17,18)19)6-5-11(14)2/h5-6,9,13,20H,4,7-8,10H2,1-3H3. The summed E-state index contributed by atoms with van der Waals surface area (Å²) >= 11 is 0. The van der Waals surface area contributed by atoms with E-state index in [0.717, 1.165) is 30.9 Å². The maximum Gasteiger partial charge on any atom is 0.416 e. The number of hydrogen-bond donors (Lipinski definition) is 1. The van der Waals surface area contributed by atoms with E-state index >= 15 is 0 Å². The Kier molecular flexibility index (Phi) is 4.51. The van der Waals surface area contributed by atoms with Crippen molar-refractivity contribution < 1.29 is 17.9 Å². The average Bonchev–Trinajstić information content (AvgIpc) is 2.40. The molecule has 2 atom stereocenters. The highest BCUT2D eigenvalue weighted by Gasteiger charge is 2.33. The minimum atomic E-state index is -4.31. The van der Waals surface area contributed by atoms with Gasteiger partial charge < -0.3 is 10.1 Å². The molecule has 2 rings (SSSR count). The van der Waals surface area contributed by atoms with Gasteiger partial charge in [-0.25, -0.2) is 0 Å². The first-order valence-electron chi connectivity index (χ1n) is 7.32. The number of ether oxygens (including phenoxy) is 1. The highest BCUT2D eigenvalue weighted by atomic mass is 19.4. The van der Waals surface area contributed by atoms with Crippen molar-refractivity contribution in [2.45, 2.75) is 57.9 Å². The van der Waals surface area contributed by atoms with Gasteiger partial charge in [-0.05, 0) is 50.8 Å². The molecule has 1 heterocycles. The Balaban J connectivity index is 2.15. The second-order valence-electron chi connectivity index (χ2n) is 6.01. The quantitative estimate of drug-likeness (QED) is 0.868. The number of aryl methyl sites for hydroxylation is 1. The van der Waals surface area contributed by atoms with E-state index in [4.69, 9.17) is 4.74 Å². The molecule has 0 aromatic heterocycles. The van der Waals surface area contributed by atoms with E-state index in [9.17, 15) is 13.2 Å². The van der Waals surface area contributed by atoms with E-state index in [1.165, 1.54) is 12.1 Å². The largest absolute Gasteiger partial charge is 0.416 e. The summed E-state index contributed by atoms with van der Waals surface area (Å²) in [5, 5.41) is 3.27. The van der Waals surface area contributed by atoms with Gasteiger partial charge >= 0.3 is 6.18 Å². The normalized spacial score (nSPS) is 26.7. The van der Waals surface area contributed by atoms with Crippen LogP contribution in [-0.4, -0.2) is 18.2 Å². The number of halogens is 3. The van der Waals surface area contributed by atoms with Crippen LogP contribution in [0, 0.1) is 6.92 Å². The molecule has 0 amide bonds. The van der Waals surface area contributed by atoms with Crippen LogP contribution in [0.5, 0.6) is 0 Å². The minimum Gasteiger partial charge on any atom is -0.382 e. The van der Waals surface area contributed by atoms with Crippen LogP contribution in [0.3, 0.4) is 0 Å². The average molecular weight is 301 g/mol. The van der Waals surface area contributed by atoms with Crippen LogP contribution in [0.2, 0.25) is 0 Å². The monoisotopic (exact) mass is 301 g/mol. The smallest absolute Gasteiger partial charge is 0.382 e. The van der Waals surface area contributed by atoms with Crippen LogP contribution < -0.4 is 5.32 Å². The van der Waals surface area contributed by atoms with Crippen molar-refractivity contribution >= 4 is 5.69 Å². The summed E-state index contributed by atoms with van der Waals surface area (Å²) in [5.41, 5.74) is 0.592. The second kappa shape index (κ2) is 5.87. The maximum atomic E-state index is 12.8. The first-order valence-corrected chi connectivity index (χ1v) is 7.32. The van der Waals surface area contributed by atoms with Crippen molar-refractivity contribution in [2.75, 3.05) is 11.9 Å². The first kappa shape index (κ1) is 16.1. The van der Waals surface area contributed by atoms with Gasteiger partial charge in [-0.2, -0.15) is 13.2 Å². The van der Waals surface area contributed by atoms with Gasteiger partial charge in [-0.15, -0.1) is 0 Å². The molecule has 1 aromatic carbocycles. The molecule has 1 saturated heterocycles. The summed E-state index contributed by atoms with van der Waals surface area (Å²) < 4.78 is 44.2. The highest BCUT2D eigenvalue weighted by Crippen LogP contribution is 2.34. The third-order valence-corrected chi connectivity index (χ3v) is 4.27. The Morgan fingerprint density at radius 1 is 1.38 bits per heavy atom. The molecule has 2 unspecified atom stereocenters. The fourth-order valence-corrected chi connectivity index (χ4v) is 2.67. The van der Waals surface area contributed by atoms with Crippen LogP contribution in [0.15, 0.2) is 18.2 Å². The molecule has 0 spiro atoms. The summed E-state index contributed by atoms with van der Waals surface area (Å²) in [6.45, 7) is 6.58. The van der Waals surface area contributed by atoms with Crippen molar-refractivity contribution in [3.8, 4) is 0 Å². The summed E-state index contributed by atoms with van der Waals surface area (Å²) in [5.74, 6) is 0. The molecule has 0 aliphatic carbocycles. The van der Waals surface area contributed by atoms with Gasteiger partial charge in [0.1, 0.15) is 0 Å². The molecule has 5 heteroatoms. The van der Waals surface area contributed by atoms with Gasteiger partial charge in [0.15, 0.2) is 0 Å². The van der Waals surface area contributed by atoms with E-state index < -0.39 is 11.7 Å². The van der Waals surface area contributed by atoms with E-state index in [1.54, 1.807) is 0 Å². The molecule has 1 aliphatic rings. The minimum absolute atomic E-state index is 0.144. The Labute approximate surface area is 123 Å². The van der Waals surface area contributed by atoms with Crippen molar-refractivity contribution in [2.24, 2.45) is 0 Å². The lowest BCUT2D eigenvalue weighted by molar-refractivity contribution is -0.137. The molecule has 2 nitrogen and oxygen atoms in total. The summed E-state index contributed by atoms with van der Waals surface area (Å²) in [4.78, 5) is 0. The number of benzene rings is 1. The predicted molar refractivity (Wildman–Crippen MR) is 77.5 cm³/mol. The Morgan fingerprint density at radius 2 is 2.10 bits per heavy atom. The van der Waals surface area contributed by atoms with E-state index in [0.29, 0.717) is 12.3 Å². The highest BCUT2D eigenvalue weighted by molar-refractivity contribution is 5.54. The van der Waals surface area contributed by atoms with E-state index in [2.05, 4.69) is 19.2 Å². The fraction of sp³-hybridized carbons (Fsp3) is 0.625. The van der Waals surface area contributed by atoms with Crippen LogP contribution in [-0.2, 0) is 10.9 Å². The lowest BCUT2D eigenvalue weighted by Crippen LogP contribution is -2.42. The van der Waals surface area contributed by atoms with Gasteiger partial charge in [0.05, 0.1) is 11.2 Å². The summed E-state index contributed by atoms with van der Waals surface area (Å²) in [7, 11) is 0. The van der Waals surface area contributed by atoms with Crippen LogP contribution >= 0.6 is 0 Å². The SMILES string of the molecule is CCC1(C)CC(Nc2cc(C(F)(F)F)ccc2C)CCO1. The van der Waals surface area contributed by atoms with Gasteiger partial charge in [0, 0.05) is 18.3 Å².